The highest BCUT2D eigenvalue weighted by molar-refractivity contribution is 6.04. The van der Waals surface area contributed by atoms with Gasteiger partial charge in [0.25, 0.3) is 5.56 Å². The van der Waals surface area contributed by atoms with Crippen molar-refractivity contribution in [3.63, 3.8) is 0 Å². The molecule has 1 fully saturated rings. The summed E-state index contributed by atoms with van der Waals surface area (Å²) in [5, 5.41) is 8.19. The molecule has 2 aromatic heterocycles. The van der Waals surface area contributed by atoms with Gasteiger partial charge in [-0.1, -0.05) is 24.3 Å². The van der Waals surface area contributed by atoms with E-state index in [4.69, 9.17) is 0 Å². The van der Waals surface area contributed by atoms with Gasteiger partial charge in [-0.05, 0) is 24.3 Å². The Balaban J connectivity index is 1.45. The molecular formula is C20H20N6O. The van der Waals surface area contributed by atoms with Crippen LogP contribution < -0.4 is 15.9 Å². The number of para-hydroxylation sites is 1. The zero-order chi connectivity index (χ0) is 18.2. The van der Waals surface area contributed by atoms with Crippen molar-refractivity contribution >= 4 is 33.8 Å². The zero-order valence-electron chi connectivity index (χ0n) is 14.8. The van der Waals surface area contributed by atoms with Crippen molar-refractivity contribution in [2.75, 3.05) is 31.1 Å². The number of aromatic nitrogens is 4. The Kier molecular flexibility index (Phi) is 3.71. The SMILES string of the molecule is O=c1[nH]nc2[nH]/c(=C\N3CCN(c4ccccc4)CC3)[nH]c3cccc1c32. The Morgan fingerprint density at radius 2 is 1.74 bits per heavy atom. The molecule has 0 bridgehead atoms. The van der Waals surface area contributed by atoms with Gasteiger partial charge in [0.1, 0.15) is 5.48 Å². The van der Waals surface area contributed by atoms with Crippen molar-refractivity contribution < 1.29 is 0 Å². The molecule has 0 amide bonds. The van der Waals surface area contributed by atoms with Crippen LogP contribution in [0.1, 0.15) is 0 Å². The summed E-state index contributed by atoms with van der Waals surface area (Å²) in [6, 6.07) is 16.2. The van der Waals surface area contributed by atoms with Crippen LogP contribution in [0.2, 0.25) is 0 Å². The van der Waals surface area contributed by atoms with Crippen LogP contribution in [-0.4, -0.2) is 51.2 Å². The fraction of sp³-hybridized carbons (Fsp3) is 0.200. The Morgan fingerprint density at radius 3 is 2.56 bits per heavy atom. The molecule has 1 saturated heterocycles. The van der Waals surface area contributed by atoms with Crippen molar-refractivity contribution in [2.24, 2.45) is 0 Å². The number of anilines is 1. The maximum atomic E-state index is 12.0. The maximum Gasteiger partial charge on any atom is 0.272 e. The van der Waals surface area contributed by atoms with Gasteiger partial charge in [-0.2, -0.15) is 5.10 Å². The standard InChI is InChI=1S/C20H20N6O/c27-20-15-7-4-8-16-18(15)19(23-24-20)22-17(21-16)13-25-9-11-26(12-10-25)14-5-2-1-3-6-14/h1-8,13,21H,9-12H2,(H,22,23)(H,24,27)/b17-13-. The minimum absolute atomic E-state index is 0.177. The summed E-state index contributed by atoms with van der Waals surface area (Å²) in [6.07, 6.45) is 2.09. The number of rotatable bonds is 2. The number of nitrogens with one attached hydrogen (secondary N) is 3. The first-order valence-corrected chi connectivity index (χ1v) is 9.09. The fourth-order valence-corrected chi connectivity index (χ4v) is 3.71. The van der Waals surface area contributed by atoms with Gasteiger partial charge in [-0.25, -0.2) is 5.10 Å². The minimum atomic E-state index is -0.177. The van der Waals surface area contributed by atoms with E-state index in [2.05, 4.69) is 60.4 Å². The van der Waals surface area contributed by atoms with Gasteiger partial charge in [0.2, 0.25) is 0 Å². The second-order valence-electron chi connectivity index (χ2n) is 6.78. The third-order valence-corrected chi connectivity index (χ3v) is 5.08. The van der Waals surface area contributed by atoms with E-state index in [-0.39, 0.29) is 5.56 Å². The second kappa shape index (κ2) is 6.35. The highest BCUT2D eigenvalue weighted by Gasteiger charge is 2.15. The smallest absolute Gasteiger partial charge is 0.272 e. The lowest BCUT2D eigenvalue weighted by molar-refractivity contribution is 0.378. The maximum absolute atomic E-state index is 12.0. The van der Waals surface area contributed by atoms with Crippen LogP contribution in [0, 0.1) is 0 Å². The first-order chi connectivity index (χ1) is 13.3. The Morgan fingerprint density at radius 1 is 0.926 bits per heavy atom. The van der Waals surface area contributed by atoms with Crippen LogP contribution in [0.3, 0.4) is 0 Å². The van der Waals surface area contributed by atoms with Crippen LogP contribution in [0.4, 0.5) is 5.69 Å². The lowest BCUT2D eigenvalue weighted by Gasteiger charge is -2.35. The normalized spacial score (nSPS) is 15.8. The Bertz CT molecular complexity index is 1190. The first kappa shape index (κ1) is 15.7. The largest absolute Gasteiger partial charge is 0.371 e. The predicted octanol–water partition coefficient (Wildman–Crippen LogP) is 1.57. The number of nitrogens with zero attached hydrogens (tertiary/aromatic N) is 3. The highest BCUT2D eigenvalue weighted by Crippen LogP contribution is 2.17. The quantitative estimate of drug-likeness (QED) is 0.507. The molecule has 1 aliphatic heterocycles. The summed E-state index contributed by atoms with van der Waals surface area (Å²) in [5.74, 6) is 0. The van der Waals surface area contributed by atoms with Gasteiger partial charge in [-0.15, -0.1) is 0 Å². The molecular weight excluding hydrogens is 340 g/mol. The molecule has 7 heteroatoms. The predicted molar refractivity (Wildman–Crippen MR) is 107 cm³/mol. The van der Waals surface area contributed by atoms with Crippen molar-refractivity contribution in [3.05, 3.63) is 64.4 Å². The van der Waals surface area contributed by atoms with Gasteiger partial charge < -0.3 is 19.8 Å². The Hall–Kier alpha value is -3.48. The van der Waals surface area contributed by atoms with Crippen LogP contribution in [0.25, 0.3) is 28.1 Å². The summed E-state index contributed by atoms with van der Waals surface area (Å²) in [5.41, 5.74) is 3.53. The van der Waals surface area contributed by atoms with Gasteiger partial charge in [0.15, 0.2) is 5.65 Å². The average molecular weight is 360 g/mol. The molecule has 5 rings (SSSR count). The van der Waals surface area contributed by atoms with Gasteiger partial charge in [0, 0.05) is 38.1 Å². The number of aromatic amines is 3. The van der Waals surface area contributed by atoms with Gasteiger partial charge >= 0.3 is 0 Å². The molecule has 2 aromatic carbocycles. The summed E-state index contributed by atoms with van der Waals surface area (Å²) < 4.78 is 0. The molecule has 4 aromatic rings. The molecule has 3 N–H and O–H groups in total. The van der Waals surface area contributed by atoms with Crippen LogP contribution in [0.15, 0.2) is 53.3 Å². The molecule has 0 radical (unpaired) electrons. The van der Waals surface area contributed by atoms with E-state index < -0.39 is 0 Å². The number of benzene rings is 2. The number of hydrogen-bond acceptors (Lipinski definition) is 4. The summed E-state index contributed by atoms with van der Waals surface area (Å²) in [4.78, 5) is 23.3. The van der Waals surface area contributed by atoms with Crippen molar-refractivity contribution in [3.8, 4) is 0 Å². The highest BCUT2D eigenvalue weighted by atomic mass is 16.1. The summed E-state index contributed by atoms with van der Waals surface area (Å²) >= 11 is 0. The Labute approximate surface area is 154 Å². The van der Waals surface area contributed by atoms with Crippen LogP contribution in [0.5, 0.6) is 0 Å². The van der Waals surface area contributed by atoms with Gasteiger partial charge in [0.05, 0.1) is 16.3 Å². The number of piperazine rings is 1. The van der Waals surface area contributed by atoms with Crippen molar-refractivity contribution in [1.82, 2.24) is 25.1 Å². The number of hydrogen-bond donors (Lipinski definition) is 3. The molecule has 0 unspecified atom stereocenters. The molecule has 27 heavy (non-hydrogen) atoms. The second-order valence-corrected chi connectivity index (χ2v) is 6.78. The van der Waals surface area contributed by atoms with E-state index in [0.29, 0.717) is 11.0 Å². The van der Waals surface area contributed by atoms with E-state index in [9.17, 15) is 4.79 Å². The van der Waals surface area contributed by atoms with E-state index in [1.54, 1.807) is 0 Å². The number of H-pyrrole nitrogens is 3. The van der Waals surface area contributed by atoms with Crippen LogP contribution in [-0.2, 0) is 0 Å². The molecule has 0 saturated carbocycles. The fourth-order valence-electron chi connectivity index (χ4n) is 3.71. The van der Waals surface area contributed by atoms with Crippen molar-refractivity contribution in [2.45, 2.75) is 0 Å². The molecule has 0 atom stereocenters. The minimum Gasteiger partial charge on any atom is -0.371 e. The zero-order valence-corrected chi connectivity index (χ0v) is 14.8. The average Bonchev–Trinajstić information content (AvgIpc) is 2.72. The van der Waals surface area contributed by atoms with E-state index >= 15 is 0 Å². The van der Waals surface area contributed by atoms with Crippen LogP contribution >= 0.6 is 0 Å². The molecule has 7 nitrogen and oxygen atoms in total. The van der Waals surface area contributed by atoms with E-state index in [1.165, 1.54) is 5.69 Å². The lowest BCUT2D eigenvalue weighted by Crippen LogP contribution is -2.44. The summed E-state index contributed by atoms with van der Waals surface area (Å²) in [7, 11) is 0. The molecule has 136 valence electrons. The third kappa shape index (κ3) is 2.87. The molecule has 1 aliphatic rings. The molecule has 0 aliphatic carbocycles. The topological polar surface area (TPSA) is 83.8 Å². The third-order valence-electron chi connectivity index (χ3n) is 5.08. The first-order valence-electron chi connectivity index (χ1n) is 9.09. The van der Waals surface area contributed by atoms with E-state index in [1.807, 2.05) is 24.3 Å². The molecule has 0 spiro atoms. The van der Waals surface area contributed by atoms with E-state index in [0.717, 1.165) is 42.6 Å². The van der Waals surface area contributed by atoms with Gasteiger partial charge in [-0.3, -0.25) is 4.79 Å². The molecule has 3 heterocycles. The monoisotopic (exact) mass is 360 g/mol. The summed E-state index contributed by atoms with van der Waals surface area (Å²) in [6.45, 7) is 3.84. The van der Waals surface area contributed by atoms with Crippen molar-refractivity contribution in [1.29, 1.82) is 0 Å². The lowest BCUT2D eigenvalue weighted by atomic mass is 10.1.